The fourth-order valence-corrected chi connectivity index (χ4v) is 2.12. The molecule has 1 aliphatic rings. The minimum Gasteiger partial charge on any atom is -0.381 e. The molecule has 0 aromatic carbocycles. The lowest BCUT2D eigenvalue weighted by atomic mass is 10.00. The summed E-state index contributed by atoms with van der Waals surface area (Å²) >= 11 is 0. The van der Waals surface area contributed by atoms with Gasteiger partial charge in [-0.1, -0.05) is 6.92 Å². The summed E-state index contributed by atoms with van der Waals surface area (Å²) in [7, 11) is 2.19. The third kappa shape index (κ3) is 4.96. The molecule has 1 aliphatic heterocycles. The van der Waals surface area contributed by atoms with Gasteiger partial charge in [0.25, 0.3) is 0 Å². The number of ether oxygens (including phenoxy) is 1. The first-order valence-electron chi connectivity index (χ1n) is 6.11. The topological polar surface area (TPSA) is 38.5 Å². The van der Waals surface area contributed by atoms with Gasteiger partial charge in [-0.05, 0) is 38.6 Å². The van der Waals surface area contributed by atoms with E-state index in [1.807, 2.05) is 0 Å². The summed E-state index contributed by atoms with van der Waals surface area (Å²) in [5.41, 5.74) is 5.87. The molecule has 0 aromatic rings. The van der Waals surface area contributed by atoms with E-state index in [0.29, 0.717) is 5.92 Å². The number of hydrogen-bond donors (Lipinski definition) is 1. The van der Waals surface area contributed by atoms with Crippen LogP contribution in [0.15, 0.2) is 0 Å². The van der Waals surface area contributed by atoms with Crippen molar-refractivity contribution in [2.75, 3.05) is 33.4 Å². The first kappa shape index (κ1) is 12.9. The van der Waals surface area contributed by atoms with E-state index in [2.05, 4.69) is 25.8 Å². The zero-order valence-corrected chi connectivity index (χ0v) is 10.4. The molecular formula is C12H26N2O. The number of rotatable bonds is 5. The number of nitrogens with zero attached hydrogens (tertiary/aromatic N) is 1. The van der Waals surface area contributed by atoms with Crippen LogP contribution in [0.2, 0.25) is 0 Å². The normalized spacial score (nSPS) is 26.6. The summed E-state index contributed by atoms with van der Waals surface area (Å²) in [6.07, 6.45) is 2.54. The predicted molar refractivity (Wildman–Crippen MR) is 63.9 cm³/mol. The minimum absolute atomic E-state index is 0.287. The van der Waals surface area contributed by atoms with Gasteiger partial charge in [-0.2, -0.15) is 0 Å². The molecular weight excluding hydrogens is 188 g/mol. The van der Waals surface area contributed by atoms with Crippen LogP contribution in [-0.4, -0.2) is 44.3 Å². The zero-order chi connectivity index (χ0) is 11.3. The highest BCUT2D eigenvalue weighted by Crippen LogP contribution is 2.15. The Bertz CT molecular complexity index is 167. The molecule has 0 bridgehead atoms. The van der Waals surface area contributed by atoms with Crippen molar-refractivity contribution < 1.29 is 4.74 Å². The monoisotopic (exact) mass is 214 g/mol. The quantitative estimate of drug-likeness (QED) is 0.750. The lowest BCUT2D eigenvalue weighted by Crippen LogP contribution is -2.38. The van der Waals surface area contributed by atoms with Gasteiger partial charge in [0.2, 0.25) is 0 Å². The highest BCUT2D eigenvalue weighted by atomic mass is 16.5. The summed E-state index contributed by atoms with van der Waals surface area (Å²) in [6.45, 7) is 8.44. The smallest absolute Gasteiger partial charge is 0.0506 e. The molecule has 3 atom stereocenters. The van der Waals surface area contributed by atoms with Crippen molar-refractivity contribution in [1.29, 1.82) is 0 Å². The molecule has 1 saturated heterocycles. The van der Waals surface area contributed by atoms with Crippen molar-refractivity contribution in [1.82, 2.24) is 4.90 Å². The van der Waals surface area contributed by atoms with Gasteiger partial charge in [0.05, 0.1) is 6.61 Å². The van der Waals surface area contributed by atoms with Crippen LogP contribution in [0.3, 0.4) is 0 Å². The number of hydrogen-bond acceptors (Lipinski definition) is 3. The largest absolute Gasteiger partial charge is 0.381 e. The second-order valence-corrected chi connectivity index (χ2v) is 5.14. The molecule has 1 rings (SSSR count). The van der Waals surface area contributed by atoms with Crippen molar-refractivity contribution in [2.45, 2.75) is 32.7 Å². The van der Waals surface area contributed by atoms with Crippen LogP contribution in [-0.2, 0) is 4.74 Å². The maximum absolute atomic E-state index is 5.87. The van der Waals surface area contributed by atoms with Gasteiger partial charge in [0, 0.05) is 25.7 Å². The Hall–Kier alpha value is -0.120. The molecule has 0 aromatic heterocycles. The van der Waals surface area contributed by atoms with Gasteiger partial charge >= 0.3 is 0 Å². The fraction of sp³-hybridized carbons (Fsp3) is 1.00. The third-order valence-electron chi connectivity index (χ3n) is 3.32. The maximum atomic E-state index is 5.87. The second kappa shape index (κ2) is 6.46. The van der Waals surface area contributed by atoms with Crippen molar-refractivity contribution in [3.63, 3.8) is 0 Å². The van der Waals surface area contributed by atoms with Crippen LogP contribution < -0.4 is 5.73 Å². The number of nitrogens with two attached hydrogens (primary N) is 1. The highest BCUT2D eigenvalue weighted by Gasteiger charge is 2.17. The van der Waals surface area contributed by atoms with Gasteiger partial charge in [0.1, 0.15) is 0 Å². The Morgan fingerprint density at radius 1 is 1.47 bits per heavy atom. The molecule has 90 valence electrons. The Kier molecular flexibility index (Phi) is 5.58. The Morgan fingerprint density at radius 2 is 2.20 bits per heavy atom. The van der Waals surface area contributed by atoms with E-state index in [1.165, 1.54) is 12.8 Å². The molecule has 1 fully saturated rings. The summed E-state index contributed by atoms with van der Waals surface area (Å²) < 4.78 is 5.48. The van der Waals surface area contributed by atoms with Gasteiger partial charge in [-0.3, -0.25) is 0 Å². The highest BCUT2D eigenvalue weighted by molar-refractivity contribution is 4.71. The first-order valence-corrected chi connectivity index (χ1v) is 6.11. The summed E-state index contributed by atoms with van der Waals surface area (Å²) in [5, 5.41) is 0. The minimum atomic E-state index is 0.287. The predicted octanol–water partition coefficient (Wildman–Crippen LogP) is 1.33. The van der Waals surface area contributed by atoms with E-state index in [1.54, 1.807) is 0 Å². The molecule has 2 N–H and O–H groups in total. The van der Waals surface area contributed by atoms with E-state index in [0.717, 1.165) is 32.2 Å². The molecule has 3 nitrogen and oxygen atoms in total. The van der Waals surface area contributed by atoms with E-state index in [4.69, 9.17) is 10.5 Å². The molecule has 0 spiro atoms. The molecule has 1 heterocycles. The van der Waals surface area contributed by atoms with Crippen molar-refractivity contribution in [3.05, 3.63) is 0 Å². The third-order valence-corrected chi connectivity index (χ3v) is 3.32. The summed E-state index contributed by atoms with van der Waals surface area (Å²) in [5.74, 6) is 1.29. The van der Waals surface area contributed by atoms with Crippen LogP contribution in [0.4, 0.5) is 0 Å². The SMILES string of the molecule is CC(N)C(C)CN(C)CC1CCCOC1. The Balaban J connectivity index is 2.19. The van der Waals surface area contributed by atoms with E-state index >= 15 is 0 Å². The second-order valence-electron chi connectivity index (χ2n) is 5.14. The molecule has 0 radical (unpaired) electrons. The lowest BCUT2D eigenvalue weighted by molar-refractivity contribution is 0.0401. The summed E-state index contributed by atoms with van der Waals surface area (Å²) in [6, 6.07) is 0.287. The first-order chi connectivity index (χ1) is 7.09. The van der Waals surface area contributed by atoms with E-state index in [9.17, 15) is 0 Å². The average molecular weight is 214 g/mol. The van der Waals surface area contributed by atoms with Gasteiger partial charge in [-0.15, -0.1) is 0 Å². The summed E-state index contributed by atoms with van der Waals surface area (Å²) in [4.78, 5) is 2.40. The Labute approximate surface area is 94.0 Å². The molecule has 0 amide bonds. The fourth-order valence-electron chi connectivity index (χ4n) is 2.12. The van der Waals surface area contributed by atoms with Crippen LogP contribution in [0, 0.1) is 11.8 Å². The van der Waals surface area contributed by atoms with Crippen LogP contribution >= 0.6 is 0 Å². The standard InChI is InChI=1S/C12H26N2O/c1-10(11(2)13)7-14(3)8-12-5-4-6-15-9-12/h10-12H,4-9,13H2,1-3H3. The Morgan fingerprint density at radius 3 is 2.73 bits per heavy atom. The van der Waals surface area contributed by atoms with Crippen LogP contribution in [0.1, 0.15) is 26.7 Å². The zero-order valence-electron chi connectivity index (χ0n) is 10.4. The van der Waals surface area contributed by atoms with E-state index in [-0.39, 0.29) is 6.04 Å². The average Bonchev–Trinajstić information content (AvgIpc) is 2.18. The van der Waals surface area contributed by atoms with Crippen LogP contribution in [0.25, 0.3) is 0 Å². The lowest BCUT2D eigenvalue weighted by Gasteiger charge is -2.29. The van der Waals surface area contributed by atoms with Gasteiger partial charge < -0.3 is 15.4 Å². The van der Waals surface area contributed by atoms with Gasteiger partial charge in [0.15, 0.2) is 0 Å². The molecule has 3 heteroatoms. The van der Waals surface area contributed by atoms with Gasteiger partial charge in [-0.25, -0.2) is 0 Å². The maximum Gasteiger partial charge on any atom is 0.0506 e. The molecule has 0 saturated carbocycles. The van der Waals surface area contributed by atoms with E-state index < -0.39 is 0 Å². The van der Waals surface area contributed by atoms with Crippen molar-refractivity contribution in [2.24, 2.45) is 17.6 Å². The van der Waals surface area contributed by atoms with Crippen molar-refractivity contribution >= 4 is 0 Å². The molecule has 3 unspecified atom stereocenters. The molecule has 15 heavy (non-hydrogen) atoms. The van der Waals surface area contributed by atoms with Crippen molar-refractivity contribution in [3.8, 4) is 0 Å². The molecule has 0 aliphatic carbocycles. The van der Waals surface area contributed by atoms with Crippen LogP contribution in [0.5, 0.6) is 0 Å².